The third-order valence-electron chi connectivity index (χ3n) is 2.44. The first-order valence-electron chi connectivity index (χ1n) is 5.21. The van der Waals surface area contributed by atoms with Gasteiger partial charge in [-0.15, -0.1) is 0 Å². The van der Waals surface area contributed by atoms with Crippen LogP contribution in [0.5, 0.6) is 0 Å². The van der Waals surface area contributed by atoms with Crippen LogP contribution in [-0.2, 0) is 0 Å². The van der Waals surface area contributed by atoms with Gasteiger partial charge in [-0.05, 0) is 12.1 Å². The maximum absolute atomic E-state index is 11.3. The molecule has 1 aromatic heterocycles. The number of nitrogens with two attached hydrogens (primary N) is 1. The monoisotopic (exact) mass is 230 g/mol. The van der Waals surface area contributed by atoms with Gasteiger partial charge in [0.1, 0.15) is 0 Å². The van der Waals surface area contributed by atoms with Crippen LogP contribution in [0.15, 0.2) is 35.1 Å². The molecule has 0 unspecified atom stereocenters. The number of hydrogen-bond donors (Lipinski definition) is 2. The molecule has 88 valence electrons. The first kappa shape index (κ1) is 11.2. The molecule has 2 rings (SSSR count). The molecule has 5 heteroatoms. The van der Waals surface area contributed by atoms with Crippen LogP contribution in [0.4, 0.5) is 11.6 Å². The van der Waals surface area contributed by atoms with Crippen LogP contribution in [-0.4, -0.2) is 24.1 Å². The summed E-state index contributed by atoms with van der Waals surface area (Å²) in [6.07, 6.45) is 0. The summed E-state index contributed by atoms with van der Waals surface area (Å²) in [6, 6.07) is 9.19. The highest BCUT2D eigenvalue weighted by molar-refractivity contribution is 5.63. The summed E-state index contributed by atoms with van der Waals surface area (Å²) < 4.78 is 0. The minimum absolute atomic E-state index is 0.129. The van der Waals surface area contributed by atoms with Gasteiger partial charge in [-0.1, -0.05) is 12.1 Å². The minimum Gasteiger partial charge on any atom is -0.378 e. The van der Waals surface area contributed by atoms with Crippen LogP contribution in [0.25, 0.3) is 11.3 Å². The Balaban J connectivity index is 2.43. The lowest BCUT2D eigenvalue weighted by molar-refractivity contribution is 1.13. The first-order chi connectivity index (χ1) is 8.06. The van der Waals surface area contributed by atoms with E-state index >= 15 is 0 Å². The number of H-pyrrole nitrogens is 1. The predicted octanol–water partition coefficient (Wildman–Crippen LogP) is 1.09. The normalized spacial score (nSPS) is 10.2. The molecule has 17 heavy (non-hydrogen) atoms. The van der Waals surface area contributed by atoms with Crippen molar-refractivity contribution in [2.45, 2.75) is 0 Å². The second-order valence-electron chi connectivity index (χ2n) is 3.96. The number of nitrogen functional groups attached to an aromatic ring is 1. The zero-order valence-corrected chi connectivity index (χ0v) is 9.77. The fraction of sp³-hybridized carbons (Fsp3) is 0.167. The Morgan fingerprint density at radius 3 is 2.41 bits per heavy atom. The van der Waals surface area contributed by atoms with Crippen molar-refractivity contribution in [3.63, 3.8) is 0 Å². The molecule has 3 N–H and O–H groups in total. The summed E-state index contributed by atoms with van der Waals surface area (Å²) in [5.41, 5.74) is 7.79. The third-order valence-corrected chi connectivity index (χ3v) is 2.44. The number of anilines is 2. The first-order valence-corrected chi connectivity index (χ1v) is 5.21. The van der Waals surface area contributed by atoms with Crippen LogP contribution in [0.1, 0.15) is 0 Å². The van der Waals surface area contributed by atoms with E-state index in [1.54, 1.807) is 0 Å². The van der Waals surface area contributed by atoms with E-state index in [-0.39, 0.29) is 11.5 Å². The minimum atomic E-state index is -0.246. The van der Waals surface area contributed by atoms with E-state index in [4.69, 9.17) is 5.73 Å². The molecule has 0 aliphatic carbocycles. The molecule has 1 heterocycles. The van der Waals surface area contributed by atoms with Crippen LogP contribution in [0, 0.1) is 0 Å². The van der Waals surface area contributed by atoms with E-state index in [1.165, 1.54) is 6.07 Å². The van der Waals surface area contributed by atoms with Crippen molar-refractivity contribution in [2.75, 3.05) is 24.7 Å². The van der Waals surface area contributed by atoms with Gasteiger partial charge in [0.2, 0.25) is 5.95 Å². The molecule has 1 aromatic carbocycles. The zero-order valence-electron chi connectivity index (χ0n) is 9.77. The highest BCUT2D eigenvalue weighted by Crippen LogP contribution is 2.19. The van der Waals surface area contributed by atoms with Gasteiger partial charge in [-0.3, -0.25) is 9.78 Å². The van der Waals surface area contributed by atoms with Crippen molar-refractivity contribution in [3.8, 4) is 11.3 Å². The standard InChI is InChI=1S/C12H14N4O/c1-16(2)9-5-3-8(4-6-9)10-7-11(17)15-12(13)14-10/h3-7H,1-2H3,(H3,13,14,15,17). The second kappa shape index (κ2) is 4.29. The average Bonchev–Trinajstić information content (AvgIpc) is 2.28. The van der Waals surface area contributed by atoms with Crippen LogP contribution >= 0.6 is 0 Å². The maximum Gasteiger partial charge on any atom is 0.252 e. The molecule has 0 atom stereocenters. The molecule has 0 amide bonds. The Morgan fingerprint density at radius 1 is 1.24 bits per heavy atom. The number of nitrogens with one attached hydrogen (secondary N) is 1. The lowest BCUT2D eigenvalue weighted by Crippen LogP contribution is -2.10. The summed E-state index contributed by atoms with van der Waals surface area (Å²) >= 11 is 0. The summed E-state index contributed by atoms with van der Waals surface area (Å²) in [5.74, 6) is 0.129. The smallest absolute Gasteiger partial charge is 0.252 e. The van der Waals surface area contributed by atoms with Gasteiger partial charge in [0.25, 0.3) is 5.56 Å². The van der Waals surface area contributed by atoms with Crippen LogP contribution < -0.4 is 16.2 Å². The number of hydrogen-bond acceptors (Lipinski definition) is 4. The molecule has 5 nitrogen and oxygen atoms in total. The molecule has 0 fully saturated rings. The zero-order chi connectivity index (χ0) is 12.4. The molecular weight excluding hydrogens is 216 g/mol. The van der Waals surface area contributed by atoms with Gasteiger partial charge < -0.3 is 10.6 Å². The SMILES string of the molecule is CN(C)c1ccc(-c2cc(=O)[nH]c(N)n2)cc1. The molecule has 0 aliphatic rings. The lowest BCUT2D eigenvalue weighted by atomic mass is 10.1. The molecular formula is C12H14N4O. The number of aromatic nitrogens is 2. The van der Waals surface area contributed by atoms with Gasteiger partial charge in [0, 0.05) is 31.4 Å². The Morgan fingerprint density at radius 2 is 1.88 bits per heavy atom. The molecule has 2 aromatic rings. The van der Waals surface area contributed by atoms with E-state index < -0.39 is 0 Å². The maximum atomic E-state index is 11.3. The van der Waals surface area contributed by atoms with Gasteiger partial charge in [0.15, 0.2) is 0 Å². The van der Waals surface area contributed by atoms with Crippen molar-refractivity contribution >= 4 is 11.6 Å². The molecule has 0 saturated carbocycles. The van der Waals surface area contributed by atoms with Crippen molar-refractivity contribution in [1.82, 2.24) is 9.97 Å². The van der Waals surface area contributed by atoms with E-state index in [9.17, 15) is 4.79 Å². The Bertz CT molecular complexity index is 572. The van der Waals surface area contributed by atoms with Gasteiger partial charge in [0.05, 0.1) is 5.69 Å². The predicted molar refractivity (Wildman–Crippen MR) is 69.0 cm³/mol. The van der Waals surface area contributed by atoms with Crippen molar-refractivity contribution < 1.29 is 0 Å². The third kappa shape index (κ3) is 2.44. The fourth-order valence-electron chi connectivity index (χ4n) is 1.55. The van der Waals surface area contributed by atoms with E-state index in [2.05, 4.69) is 9.97 Å². The topological polar surface area (TPSA) is 75.0 Å². The summed E-state index contributed by atoms with van der Waals surface area (Å²) in [5, 5.41) is 0. The van der Waals surface area contributed by atoms with Crippen molar-refractivity contribution in [3.05, 3.63) is 40.7 Å². The van der Waals surface area contributed by atoms with Crippen molar-refractivity contribution in [2.24, 2.45) is 0 Å². The van der Waals surface area contributed by atoms with E-state index in [1.807, 2.05) is 43.3 Å². The van der Waals surface area contributed by atoms with Gasteiger partial charge in [-0.25, -0.2) is 4.98 Å². The highest BCUT2D eigenvalue weighted by atomic mass is 16.1. The summed E-state index contributed by atoms with van der Waals surface area (Å²) in [6.45, 7) is 0. The Kier molecular flexibility index (Phi) is 2.82. The summed E-state index contributed by atoms with van der Waals surface area (Å²) in [4.78, 5) is 19.8. The van der Waals surface area contributed by atoms with Crippen LogP contribution in [0.2, 0.25) is 0 Å². The fourth-order valence-corrected chi connectivity index (χ4v) is 1.55. The largest absolute Gasteiger partial charge is 0.378 e. The summed E-state index contributed by atoms with van der Waals surface area (Å²) in [7, 11) is 3.94. The van der Waals surface area contributed by atoms with Gasteiger partial charge in [-0.2, -0.15) is 0 Å². The average molecular weight is 230 g/mol. The Labute approximate surface area is 98.9 Å². The second-order valence-corrected chi connectivity index (χ2v) is 3.96. The van der Waals surface area contributed by atoms with E-state index in [0.29, 0.717) is 5.69 Å². The Hall–Kier alpha value is -2.30. The number of aromatic amines is 1. The number of nitrogens with zero attached hydrogens (tertiary/aromatic N) is 2. The molecule has 0 saturated heterocycles. The number of benzene rings is 1. The number of rotatable bonds is 2. The molecule has 0 radical (unpaired) electrons. The van der Waals surface area contributed by atoms with Crippen molar-refractivity contribution in [1.29, 1.82) is 0 Å². The molecule has 0 spiro atoms. The molecule has 0 bridgehead atoms. The van der Waals surface area contributed by atoms with Crippen LogP contribution in [0.3, 0.4) is 0 Å². The lowest BCUT2D eigenvalue weighted by Gasteiger charge is -2.12. The van der Waals surface area contributed by atoms with E-state index in [0.717, 1.165) is 11.3 Å². The quantitative estimate of drug-likeness (QED) is 0.809. The molecule has 0 aliphatic heterocycles. The van der Waals surface area contributed by atoms with Gasteiger partial charge >= 0.3 is 0 Å². The highest BCUT2D eigenvalue weighted by Gasteiger charge is 2.02.